The predicted molar refractivity (Wildman–Crippen MR) is 224 cm³/mol. The van der Waals surface area contributed by atoms with E-state index < -0.39 is 29.7 Å². The number of likely N-dealkylation sites (tertiary alicyclic amines) is 2. The first kappa shape index (κ1) is 40.2. The van der Waals surface area contributed by atoms with Gasteiger partial charge in [0.1, 0.15) is 17.9 Å². The van der Waals surface area contributed by atoms with Crippen molar-refractivity contribution in [3.8, 4) is 0 Å². The molecule has 5 aliphatic rings. The molecule has 318 valence electrons. The molecule has 17 nitrogen and oxygen atoms in total. The highest BCUT2D eigenvalue weighted by atomic mass is 16.2. The third kappa shape index (κ3) is 8.69. The van der Waals surface area contributed by atoms with Crippen LogP contribution >= 0.6 is 0 Å². The van der Waals surface area contributed by atoms with Crippen LogP contribution in [0.4, 0.5) is 11.5 Å². The molecule has 0 bridgehead atoms. The highest BCUT2D eigenvalue weighted by Gasteiger charge is 2.44. The molecule has 1 atom stereocenters. The molecule has 17 heteroatoms. The summed E-state index contributed by atoms with van der Waals surface area (Å²) < 4.78 is 2.12. The van der Waals surface area contributed by atoms with E-state index in [0.29, 0.717) is 37.0 Å². The standard InChI is InChI=1S/C44H51N11O6/c56-36-9-8-35(42(59)51-36)55-43(60)33-7-6-30(21-34(33)44(55)61)45-23-38(58)53-16-12-29(13-17-53)24-52-14-10-28(11-15-52)22-46-40-39-41(48-25-47-40)54(26-49-39)32-19-31(20-32)50-37(57)18-27-4-2-1-3-5-27/h1-7,21,25-26,28-29,31-32,35,45H,8-20,22-24H2,(H,50,57)(H,46,47,48)(H,51,56,59)/t31?,32?,35-/m0/s1. The molecule has 61 heavy (non-hydrogen) atoms. The summed E-state index contributed by atoms with van der Waals surface area (Å²) >= 11 is 0. The lowest BCUT2D eigenvalue weighted by molar-refractivity contribution is -0.136. The Balaban J connectivity index is 0.675. The Hall–Kier alpha value is -6.23. The number of benzene rings is 2. The third-order valence-electron chi connectivity index (χ3n) is 13.1. The zero-order valence-corrected chi connectivity index (χ0v) is 34.1. The first-order chi connectivity index (χ1) is 29.7. The summed E-state index contributed by atoms with van der Waals surface area (Å²) in [5.41, 5.74) is 3.50. The molecule has 0 radical (unpaired) electrons. The second-order valence-electron chi connectivity index (χ2n) is 17.1. The maximum atomic E-state index is 13.2. The highest BCUT2D eigenvalue weighted by Crippen LogP contribution is 2.35. The fourth-order valence-corrected chi connectivity index (χ4v) is 9.46. The molecule has 4 fully saturated rings. The lowest BCUT2D eigenvalue weighted by Crippen LogP contribution is -2.54. The van der Waals surface area contributed by atoms with E-state index in [4.69, 9.17) is 4.98 Å². The summed E-state index contributed by atoms with van der Waals surface area (Å²) in [7, 11) is 0. The van der Waals surface area contributed by atoms with Crippen molar-refractivity contribution in [2.24, 2.45) is 11.8 Å². The minimum atomic E-state index is -1.02. The smallest absolute Gasteiger partial charge is 0.262 e. The first-order valence-electron chi connectivity index (χ1n) is 21.5. The van der Waals surface area contributed by atoms with E-state index >= 15 is 0 Å². The number of aromatic nitrogens is 4. The lowest BCUT2D eigenvalue weighted by Gasteiger charge is -2.37. The van der Waals surface area contributed by atoms with Crippen molar-refractivity contribution in [1.29, 1.82) is 0 Å². The summed E-state index contributed by atoms with van der Waals surface area (Å²) in [6, 6.07) is 13.9. The van der Waals surface area contributed by atoms with Crippen LogP contribution in [-0.4, -0.2) is 128 Å². The summed E-state index contributed by atoms with van der Waals surface area (Å²) in [5.74, 6) is -0.381. The second kappa shape index (κ2) is 17.4. The number of imide groups is 2. The minimum Gasteiger partial charge on any atom is -0.376 e. The largest absolute Gasteiger partial charge is 0.376 e. The topological polar surface area (TPSA) is 204 Å². The van der Waals surface area contributed by atoms with Gasteiger partial charge in [-0.05, 0) is 93.6 Å². The van der Waals surface area contributed by atoms with Gasteiger partial charge in [0.25, 0.3) is 11.8 Å². The van der Waals surface area contributed by atoms with Crippen molar-refractivity contribution >= 4 is 58.1 Å². The van der Waals surface area contributed by atoms with Gasteiger partial charge in [-0.15, -0.1) is 0 Å². The van der Waals surface area contributed by atoms with Crippen LogP contribution in [-0.2, 0) is 25.6 Å². The zero-order valence-electron chi connectivity index (χ0n) is 34.1. The van der Waals surface area contributed by atoms with E-state index in [1.54, 1.807) is 18.5 Å². The van der Waals surface area contributed by atoms with Gasteiger partial charge in [-0.3, -0.25) is 39.0 Å². The van der Waals surface area contributed by atoms with E-state index in [2.05, 4.69) is 40.7 Å². The highest BCUT2D eigenvalue weighted by molar-refractivity contribution is 6.23. The normalized spacial score (nSPS) is 22.5. The van der Waals surface area contributed by atoms with E-state index in [9.17, 15) is 28.8 Å². The fraction of sp³-hybridized carbons (Fsp3) is 0.477. The van der Waals surface area contributed by atoms with Gasteiger partial charge in [0.15, 0.2) is 11.5 Å². The zero-order chi connectivity index (χ0) is 42.0. The van der Waals surface area contributed by atoms with Gasteiger partial charge in [-0.1, -0.05) is 30.3 Å². The molecule has 0 unspecified atom stereocenters. The number of carbonyl (C=O) groups is 6. The number of anilines is 2. The second-order valence-corrected chi connectivity index (χ2v) is 17.1. The maximum Gasteiger partial charge on any atom is 0.262 e. The number of hydrogen-bond acceptors (Lipinski definition) is 12. The number of piperidine rings is 3. The molecule has 1 saturated carbocycles. The SMILES string of the molecule is O=C1CC[C@H](N2C(=O)c3ccc(NCC(=O)N4CCC(CN5CCC(CNc6ncnc7c6ncn7C6CC(NC(=O)Cc7ccccc7)C6)CC5)CC4)cc3C2=O)C(=O)N1. The van der Waals surface area contributed by atoms with Gasteiger partial charge < -0.3 is 30.3 Å². The fourth-order valence-electron chi connectivity index (χ4n) is 9.46. The van der Waals surface area contributed by atoms with E-state index in [1.165, 1.54) is 6.07 Å². The Morgan fingerprint density at radius 2 is 1.56 bits per heavy atom. The van der Waals surface area contributed by atoms with Gasteiger partial charge >= 0.3 is 0 Å². The molecule has 4 N–H and O–H groups in total. The molecule has 0 spiro atoms. The van der Waals surface area contributed by atoms with Crippen LogP contribution in [0.3, 0.4) is 0 Å². The van der Waals surface area contributed by atoms with Crippen LogP contribution in [0.2, 0.25) is 0 Å². The third-order valence-corrected chi connectivity index (χ3v) is 13.1. The van der Waals surface area contributed by atoms with E-state index in [0.717, 1.165) is 92.1 Å². The molecule has 2 aromatic carbocycles. The number of fused-ring (bicyclic) bond motifs is 2. The predicted octanol–water partition coefficient (Wildman–Crippen LogP) is 2.76. The van der Waals surface area contributed by atoms with Crippen molar-refractivity contribution in [2.45, 2.75) is 75.9 Å². The van der Waals surface area contributed by atoms with Crippen molar-refractivity contribution in [3.63, 3.8) is 0 Å². The van der Waals surface area contributed by atoms with Crippen molar-refractivity contribution in [3.05, 3.63) is 77.9 Å². The van der Waals surface area contributed by atoms with Crippen LogP contribution in [0.25, 0.3) is 11.2 Å². The molecule has 6 amide bonds. The first-order valence-corrected chi connectivity index (χ1v) is 21.5. The summed E-state index contributed by atoms with van der Waals surface area (Å²) in [6.07, 6.45) is 9.74. The number of nitrogens with zero attached hydrogens (tertiary/aromatic N) is 7. The van der Waals surface area contributed by atoms with Gasteiger partial charge in [-0.25, -0.2) is 15.0 Å². The van der Waals surface area contributed by atoms with E-state index in [-0.39, 0.29) is 54.4 Å². The Morgan fingerprint density at radius 1 is 0.803 bits per heavy atom. The number of carbonyl (C=O) groups excluding carboxylic acids is 6. The Labute approximate surface area is 353 Å². The molecule has 6 heterocycles. The van der Waals surface area contributed by atoms with Crippen molar-refractivity contribution in [2.75, 3.05) is 56.4 Å². The molecule has 3 saturated heterocycles. The van der Waals surface area contributed by atoms with E-state index in [1.807, 2.05) is 41.6 Å². The molecule has 4 aromatic rings. The molecule has 1 aliphatic carbocycles. The Morgan fingerprint density at radius 3 is 2.33 bits per heavy atom. The minimum absolute atomic E-state index is 0.0237. The van der Waals surface area contributed by atoms with Crippen LogP contribution in [0.1, 0.15) is 83.7 Å². The van der Waals surface area contributed by atoms with Crippen LogP contribution < -0.4 is 21.3 Å². The molecular weight excluding hydrogens is 779 g/mol. The molecule has 2 aromatic heterocycles. The monoisotopic (exact) mass is 829 g/mol. The number of amides is 6. The number of nitrogens with one attached hydrogen (secondary N) is 4. The molecule has 9 rings (SSSR count). The molecular formula is C44H51N11O6. The lowest BCUT2D eigenvalue weighted by atomic mass is 9.86. The Kier molecular flexibility index (Phi) is 11.5. The average Bonchev–Trinajstić information content (AvgIpc) is 3.79. The van der Waals surface area contributed by atoms with Crippen molar-refractivity contribution in [1.82, 2.24) is 44.9 Å². The summed E-state index contributed by atoms with van der Waals surface area (Å²) in [6.45, 7) is 5.37. The van der Waals surface area contributed by atoms with Crippen LogP contribution in [0.15, 0.2) is 61.2 Å². The quantitative estimate of drug-likeness (QED) is 0.144. The van der Waals surface area contributed by atoms with Gasteiger partial charge in [0, 0.05) is 50.4 Å². The van der Waals surface area contributed by atoms with Crippen LogP contribution in [0.5, 0.6) is 0 Å². The van der Waals surface area contributed by atoms with Gasteiger partial charge in [-0.2, -0.15) is 0 Å². The Bertz CT molecular complexity index is 2330. The molecule has 4 aliphatic heterocycles. The average molecular weight is 830 g/mol. The maximum absolute atomic E-state index is 13.2. The van der Waals surface area contributed by atoms with Gasteiger partial charge in [0.05, 0.1) is 30.4 Å². The van der Waals surface area contributed by atoms with Gasteiger partial charge in [0.2, 0.25) is 23.6 Å². The number of rotatable bonds is 13. The summed E-state index contributed by atoms with van der Waals surface area (Å²) in [4.78, 5) is 95.0. The van der Waals surface area contributed by atoms with Crippen molar-refractivity contribution < 1.29 is 28.8 Å². The summed E-state index contributed by atoms with van der Waals surface area (Å²) in [5, 5.41) is 12.1. The van der Waals surface area contributed by atoms with Crippen LogP contribution in [0, 0.1) is 11.8 Å². The number of imidazole rings is 1. The number of hydrogen-bond donors (Lipinski definition) is 4.